The van der Waals surface area contributed by atoms with Crippen LogP contribution in [-0.2, 0) is 0 Å². The predicted molar refractivity (Wildman–Crippen MR) is 55.9 cm³/mol. The summed E-state index contributed by atoms with van der Waals surface area (Å²) >= 11 is 0. The Morgan fingerprint density at radius 3 is 2.77 bits per heavy atom. The molecule has 1 heterocycles. The van der Waals surface area contributed by atoms with Crippen molar-refractivity contribution in [1.29, 1.82) is 0 Å². The van der Waals surface area contributed by atoms with Gasteiger partial charge in [-0.15, -0.1) is 0 Å². The molecule has 0 aliphatic heterocycles. The molecule has 1 aromatic heterocycles. The smallest absolute Gasteiger partial charge is 0.106 e. The average Bonchev–Trinajstić information content (AvgIpc) is 2.65. The van der Waals surface area contributed by atoms with Gasteiger partial charge in [-0.25, -0.2) is 0 Å². The van der Waals surface area contributed by atoms with Crippen LogP contribution < -0.4 is 0 Å². The maximum absolute atomic E-state index is 5.35. The van der Waals surface area contributed by atoms with E-state index in [1.165, 1.54) is 32.1 Å². The minimum Gasteiger partial charge on any atom is -0.469 e. The summed E-state index contributed by atoms with van der Waals surface area (Å²) in [4.78, 5) is 0. The van der Waals surface area contributed by atoms with Gasteiger partial charge in [0, 0.05) is 5.92 Å². The highest BCUT2D eigenvalue weighted by molar-refractivity contribution is 5.03. The zero-order chi connectivity index (χ0) is 9.52. The summed E-state index contributed by atoms with van der Waals surface area (Å²) in [6.07, 6.45) is 8.39. The number of rotatable bonds is 6. The van der Waals surface area contributed by atoms with E-state index in [0.717, 1.165) is 5.76 Å². The third kappa shape index (κ3) is 3.67. The minimum atomic E-state index is 0.590. The molecule has 0 amide bonds. The van der Waals surface area contributed by atoms with E-state index in [9.17, 15) is 0 Å². The number of unbranched alkanes of at least 4 members (excludes halogenated alkanes) is 3. The Morgan fingerprint density at radius 1 is 1.31 bits per heavy atom. The van der Waals surface area contributed by atoms with Crippen LogP contribution in [0.5, 0.6) is 0 Å². The number of furan rings is 1. The molecule has 0 aliphatic rings. The zero-order valence-electron chi connectivity index (χ0n) is 8.75. The van der Waals surface area contributed by atoms with Gasteiger partial charge in [0.1, 0.15) is 5.76 Å². The normalized spacial score (nSPS) is 13.1. The van der Waals surface area contributed by atoms with Crippen LogP contribution in [-0.4, -0.2) is 0 Å². The van der Waals surface area contributed by atoms with Crippen molar-refractivity contribution in [2.24, 2.45) is 0 Å². The first kappa shape index (κ1) is 10.4. The van der Waals surface area contributed by atoms with Crippen LogP contribution in [0.4, 0.5) is 0 Å². The van der Waals surface area contributed by atoms with Gasteiger partial charge >= 0.3 is 0 Å². The van der Waals surface area contributed by atoms with Gasteiger partial charge in [0.25, 0.3) is 0 Å². The fourth-order valence-corrected chi connectivity index (χ4v) is 1.59. The van der Waals surface area contributed by atoms with Crippen molar-refractivity contribution in [3.8, 4) is 0 Å². The van der Waals surface area contributed by atoms with Crippen LogP contribution in [0.15, 0.2) is 22.8 Å². The molecule has 0 N–H and O–H groups in total. The van der Waals surface area contributed by atoms with Crippen LogP contribution in [0.3, 0.4) is 0 Å². The van der Waals surface area contributed by atoms with Crippen molar-refractivity contribution >= 4 is 0 Å². The number of hydrogen-bond donors (Lipinski definition) is 0. The molecule has 0 bridgehead atoms. The Bertz CT molecular complexity index is 201. The van der Waals surface area contributed by atoms with E-state index in [1.54, 1.807) is 6.26 Å². The molecule has 1 unspecified atom stereocenters. The highest BCUT2D eigenvalue weighted by Gasteiger charge is 2.06. The molecule has 0 radical (unpaired) electrons. The van der Waals surface area contributed by atoms with E-state index in [0.29, 0.717) is 5.92 Å². The second-order valence-corrected chi connectivity index (χ2v) is 3.77. The summed E-state index contributed by atoms with van der Waals surface area (Å²) in [6.45, 7) is 4.49. The molecule has 13 heavy (non-hydrogen) atoms. The fourth-order valence-electron chi connectivity index (χ4n) is 1.59. The summed E-state index contributed by atoms with van der Waals surface area (Å²) in [7, 11) is 0. The maximum Gasteiger partial charge on any atom is 0.106 e. The topological polar surface area (TPSA) is 13.1 Å². The van der Waals surface area contributed by atoms with E-state index in [4.69, 9.17) is 4.42 Å². The first-order valence-electron chi connectivity index (χ1n) is 5.38. The quantitative estimate of drug-likeness (QED) is 0.593. The Labute approximate surface area is 81.1 Å². The van der Waals surface area contributed by atoms with Crippen molar-refractivity contribution < 1.29 is 4.42 Å². The molecule has 1 rings (SSSR count). The summed E-state index contributed by atoms with van der Waals surface area (Å²) in [5.41, 5.74) is 0. The molecule has 1 aromatic rings. The van der Waals surface area contributed by atoms with Crippen molar-refractivity contribution in [3.05, 3.63) is 24.2 Å². The van der Waals surface area contributed by atoms with Crippen molar-refractivity contribution in [2.75, 3.05) is 0 Å². The minimum absolute atomic E-state index is 0.590. The van der Waals surface area contributed by atoms with Crippen molar-refractivity contribution in [3.63, 3.8) is 0 Å². The lowest BCUT2D eigenvalue weighted by Crippen LogP contribution is -1.91. The lowest BCUT2D eigenvalue weighted by atomic mass is 10.0. The highest BCUT2D eigenvalue weighted by Crippen LogP contribution is 2.21. The molecule has 0 spiro atoms. The molecule has 1 heteroatoms. The largest absolute Gasteiger partial charge is 0.469 e. The van der Waals surface area contributed by atoms with E-state index in [2.05, 4.69) is 19.9 Å². The molecular formula is C12H20O. The lowest BCUT2D eigenvalue weighted by Gasteiger charge is -2.07. The second-order valence-electron chi connectivity index (χ2n) is 3.77. The second kappa shape index (κ2) is 5.85. The molecular weight excluding hydrogens is 160 g/mol. The van der Waals surface area contributed by atoms with Gasteiger partial charge in [0.05, 0.1) is 6.26 Å². The molecule has 0 saturated carbocycles. The molecule has 74 valence electrons. The van der Waals surface area contributed by atoms with Gasteiger partial charge in [-0.3, -0.25) is 0 Å². The number of hydrogen-bond acceptors (Lipinski definition) is 1. The maximum atomic E-state index is 5.35. The molecule has 1 atom stereocenters. The summed E-state index contributed by atoms with van der Waals surface area (Å²) in [5, 5.41) is 0. The predicted octanol–water partition coefficient (Wildman–Crippen LogP) is 4.35. The van der Waals surface area contributed by atoms with Gasteiger partial charge in [-0.1, -0.05) is 39.5 Å². The first-order valence-corrected chi connectivity index (χ1v) is 5.38. The molecule has 1 nitrogen and oxygen atoms in total. The Kier molecular flexibility index (Phi) is 4.66. The lowest BCUT2D eigenvalue weighted by molar-refractivity contribution is 0.449. The fraction of sp³-hybridized carbons (Fsp3) is 0.667. The third-order valence-corrected chi connectivity index (χ3v) is 2.52. The van der Waals surface area contributed by atoms with Crippen LogP contribution in [0.1, 0.15) is 57.6 Å². The van der Waals surface area contributed by atoms with Gasteiger partial charge in [0.2, 0.25) is 0 Å². The first-order chi connectivity index (χ1) is 6.34. The summed E-state index contributed by atoms with van der Waals surface area (Å²) in [6, 6.07) is 4.04. The van der Waals surface area contributed by atoms with Crippen molar-refractivity contribution in [1.82, 2.24) is 0 Å². The van der Waals surface area contributed by atoms with Crippen LogP contribution >= 0.6 is 0 Å². The van der Waals surface area contributed by atoms with E-state index in [-0.39, 0.29) is 0 Å². The van der Waals surface area contributed by atoms with Crippen LogP contribution in [0.25, 0.3) is 0 Å². The monoisotopic (exact) mass is 180 g/mol. The van der Waals surface area contributed by atoms with Gasteiger partial charge < -0.3 is 4.42 Å². The van der Waals surface area contributed by atoms with Gasteiger partial charge in [-0.05, 0) is 18.6 Å². The Morgan fingerprint density at radius 2 is 2.15 bits per heavy atom. The zero-order valence-corrected chi connectivity index (χ0v) is 8.75. The summed E-state index contributed by atoms with van der Waals surface area (Å²) < 4.78 is 5.35. The van der Waals surface area contributed by atoms with Crippen molar-refractivity contribution in [2.45, 2.75) is 51.9 Å². The summed E-state index contributed by atoms with van der Waals surface area (Å²) in [5.74, 6) is 1.73. The standard InChI is InChI=1S/C12H20O/c1-3-4-5-6-8-11(2)12-9-7-10-13-12/h7,9-11H,3-6,8H2,1-2H3. The third-order valence-electron chi connectivity index (χ3n) is 2.52. The van der Waals surface area contributed by atoms with E-state index >= 15 is 0 Å². The van der Waals surface area contributed by atoms with Gasteiger partial charge in [-0.2, -0.15) is 0 Å². The highest BCUT2D eigenvalue weighted by atomic mass is 16.3. The molecule has 0 aromatic carbocycles. The Hall–Kier alpha value is -0.720. The van der Waals surface area contributed by atoms with Crippen LogP contribution in [0.2, 0.25) is 0 Å². The van der Waals surface area contributed by atoms with E-state index < -0.39 is 0 Å². The van der Waals surface area contributed by atoms with Gasteiger partial charge in [0.15, 0.2) is 0 Å². The Balaban J connectivity index is 2.15. The average molecular weight is 180 g/mol. The molecule has 0 saturated heterocycles. The SMILES string of the molecule is CCCCCCC(C)c1ccco1. The van der Waals surface area contributed by atoms with E-state index in [1.807, 2.05) is 6.07 Å². The molecule has 0 fully saturated rings. The molecule has 0 aliphatic carbocycles. The van der Waals surface area contributed by atoms with Crippen LogP contribution in [0, 0.1) is 0 Å².